The second-order valence-corrected chi connectivity index (χ2v) is 5.57. The Morgan fingerprint density at radius 2 is 1.52 bits per heavy atom. The largest absolute Gasteiger partial charge is 0.264 e. The molecule has 0 saturated carbocycles. The molecule has 21 heavy (non-hydrogen) atoms. The molecule has 0 amide bonds. The zero-order valence-corrected chi connectivity index (χ0v) is 12.3. The van der Waals surface area contributed by atoms with Gasteiger partial charge in [-0.15, -0.1) is 0 Å². The summed E-state index contributed by atoms with van der Waals surface area (Å²) in [6.07, 6.45) is 3.87. The van der Waals surface area contributed by atoms with Crippen molar-refractivity contribution in [3.8, 4) is 0 Å². The van der Waals surface area contributed by atoms with E-state index < -0.39 is 5.54 Å². The molecule has 1 atom stereocenters. The quantitative estimate of drug-likeness (QED) is 0.596. The Hall–Kier alpha value is -2.42. The summed E-state index contributed by atoms with van der Waals surface area (Å²) in [4.78, 5) is 11.2. The van der Waals surface area contributed by atoms with E-state index in [1.165, 1.54) is 0 Å². The van der Waals surface area contributed by atoms with Gasteiger partial charge in [-0.1, -0.05) is 72.8 Å². The summed E-state index contributed by atoms with van der Waals surface area (Å²) in [5, 5.41) is 11.4. The van der Waals surface area contributed by atoms with Crippen LogP contribution >= 0.6 is 0 Å². The summed E-state index contributed by atoms with van der Waals surface area (Å²) in [7, 11) is 0. The van der Waals surface area contributed by atoms with Gasteiger partial charge in [-0.3, -0.25) is 10.1 Å². The van der Waals surface area contributed by atoms with E-state index in [1.807, 2.05) is 72.8 Å². The molecule has 2 aromatic carbocycles. The van der Waals surface area contributed by atoms with E-state index in [0.717, 1.165) is 11.1 Å². The van der Waals surface area contributed by atoms with Gasteiger partial charge >= 0.3 is 0 Å². The Bertz CT molecular complexity index is 618. The minimum atomic E-state index is -1.06. The molecule has 0 fully saturated rings. The van der Waals surface area contributed by atoms with Gasteiger partial charge in [0.1, 0.15) is 0 Å². The molecular formula is C18H19NO2. The van der Waals surface area contributed by atoms with E-state index in [4.69, 9.17) is 0 Å². The van der Waals surface area contributed by atoms with Crippen LogP contribution in [0.5, 0.6) is 0 Å². The summed E-state index contributed by atoms with van der Waals surface area (Å²) >= 11 is 0. The summed E-state index contributed by atoms with van der Waals surface area (Å²) in [5.74, 6) is -0.283. The number of benzene rings is 2. The summed E-state index contributed by atoms with van der Waals surface area (Å²) < 4.78 is 0. The Morgan fingerprint density at radius 1 is 1.00 bits per heavy atom. The van der Waals surface area contributed by atoms with Gasteiger partial charge in [0.2, 0.25) is 5.54 Å². The number of nitrogens with zero attached hydrogens (tertiary/aromatic N) is 1. The normalized spacial score (nSPS) is 13.2. The lowest BCUT2D eigenvalue weighted by Gasteiger charge is -2.24. The van der Waals surface area contributed by atoms with Crippen molar-refractivity contribution in [3.05, 3.63) is 88.0 Å². The third kappa shape index (κ3) is 3.57. The lowest BCUT2D eigenvalue weighted by Crippen LogP contribution is -2.37. The van der Waals surface area contributed by atoms with E-state index in [2.05, 4.69) is 0 Å². The zero-order valence-electron chi connectivity index (χ0n) is 12.3. The second-order valence-electron chi connectivity index (χ2n) is 5.57. The smallest absolute Gasteiger partial charge is 0.226 e. The molecule has 0 aliphatic heterocycles. The first-order valence-electron chi connectivity index (χ1n) is 6.94. The van der Waals surface area contributed by atoms with Crippen molar-refractivity contribution in [1.82, 2.24) is 0 Å². The van der Waals surface area contributed by atoms with Crippen molar-refractivity contribution in [3.63, 3.8) is 0 Å². The number of hydrogen-bond donors (Lipinski definition) is 0. The topological polar surface area (TPSA) is 43.1 Å². The SMILES string of the molecule is CC(C)([C@@H](/C=C/c1ccccc1)c1ccccc1)[N+](=O)[O-]. The fraction of sp³-hybridized carbons (Fsp3) is 0.222. The molecule has 0 bridgehead atoms. The molecule has 0 heterocycles. The van der Waals surface area contributed by atoms with Crippen LogP contribution in [0.4, 0.5) is 0 Å². The van der Waals surface area contributed by atoms with Crippen molar-refractivity contribution in [2.45, 2.75) is 25.3 Å². The first kappa shape index (κ1) is 15.0. The molecule has 3 nitrogen and oxygen atoms in total. The average molecular weight is 281 g/mol. The van der Waals surface area contributed by atoms with Crippen LogP contribution in [0.15, 0.2) is 66.7 Å². The molecule has 108 valence electrons. The molecule has 0 aliphatic carbocycles. The third-order valence-corrected chi connectivity index (χ3v) is 3.67. The van der Waals surface area contributed by atoms with Gasteiger partial charge in [-0.05, 0) is 11.1 Å². The molecule has 0 unspecified atom stereocenters. The van der Waals surface area contributed by atoms with Gasteiger partial charge < -0.3 is 0 Å². The summed E-state index contributed by atoms with van der Waals surface area (Å²) in [6.45, 7) is 3.33. The van der Waals surface area contributed by atoms with Gasteiger partial charge in [0.25, 0.3) is 0 Å². The van der Waals surface area contributed by atoms with Crippen LogP contribution in [0.3, 0.4) is 0 Å². The molecule has 3 heteroatoms. The maximum absolute atomic E-state index is 11.4. The minimum Gasteiger partial charge on any atom is -0.264 e. The third-order valence-electron chi connectivity index (χ3n) is 3.67. The van der Waals surface area contributed by atoms with Crippen LogP contribution in [-0.2, 0) is 0 Å². The van der Waals surface area contributed by atoms with E-state index in [1.54, 1.807) is 13.8 Å². The maximum atomic E-state index is 11.4. The van der Waals surface area contributed by atoms with Crippen molar-refractivity contribution < 1.29 is 4.92 Å². The van der Waals surface area contributed by atoms with Crippen LogP contribution in [0.25, 0.3) is 6.08 Å². The van der Waals surface area contributed by atoms with Crippen molar-refractivity contribution in [2.24, 2.45) is 0 Å². The van der Waals surface area contributed by atoms with E-state index >= 15 is 0 Å². The first-order valence-corrected chi connectivity index (χ1v) is 6.94. The maximum Gasteiger partial charge on any atom is 0.226 e. The summed E-state index contributed by atoms with van der Waals surface area (Å²) in [6, 6.07) is 19.4. The van der Waals surface area contributed by atoms with Crippen LogP contribution < -0.4 is 0 Å². The Labute approximate surface area is 125 Å². The zero-order chi connectivity index (χ0) is 15.3. The average Bonchev–Trinajstić information content (AvgIpc) is 2.49. The lowest BCUT2D eigenvalue weighted by molar-refractivity contribution is -0.563. The number of rotatable bonds is 5. The van der Waals surface area contributed by atoms with Crippen molar-refractivity contribution >= 4 is 6.08 Å². The van der Waals surface area contributed by atoms with Crippen LogP contribution in [0.1, 0.15) is 30.9 Å². The number of nitro groups is 1. The molecule has 0 radical (unpaired) electrons. The van der Waals surface area contributed by atoms with Crippen molar-refractivity contribution in [2.75, 3.05) is 0 Å². The monoisotopic (exact) mass is 281 g/mol. The number of hydrogen-bond acceptors (Lipinski definition) is 2. The van der Waals surface area contributed by atoms with Gasteiger partial charge in [-0.25, -0.2) is 0 Å². The molecule has 0 aromatic heterocycles. The van der Waals surface area contributed by atoms with Crippen LogP contribution in [0.2, 0.25) is 0 Å². The highest BCUT2D eigenvalue weighted by Gasteiger charge is 2.40. The van der Waals surface area contributed by atoms with E-state index in [0.29, 0.717) is 0 Å². The Kier molecular flexibility index (Phi) is 4.53. The predicted molar refractivity (Wildman–Crippen MR) is 85.7 cm³/mol. The molecule has 2 aromatic rings. The molecule has 0 aliphatic rings. The minimum absolute atomic E-state index is 0.208. The standard InChI is InChI=1S/C18H19NO2/c1-18(2,19(20)21)17(16-11-7-4-8-12-16)14-13-15-9-5-3-6-10-15/h3-14,17H,1-2H3/b14-13+/t17-/m0/s1. The van der Waals surface area contributed by atoms with E-state index in [9.17, 15) is 10.1 Å². The molecule has 0 N–H and O–H groups in total. The molecule has 2 rings (SSSR count). The first-order chi connectivity index (χ1) is 10.0. The van der Waals surface area contributed by atoms with Gasteiger partial charge in [-0.2, -0.15) is 0 Å². The predicted octanol–water partition coefficient (Wildman–Crippen LogP) is 4.54. The fourth-order valence-electron chi connectivity index (χ4n) is 2.30. The van der Waals surface area contributed by atoms with Crippen LogP contribution in [-0.4, -0.2) is 10.5 Å². The molecule has 0 saturated heterocycles. The Morgan fingerprint density at radius 3 is 2.05 bits per heavy atom. The van der Waals surface area contributed by atoms with Gasteiger partial charge in [0.05, 0.1) is 5.92 Å². The summed E-state index contributed by atoms with van der Waals surface area (Å²) in [5.41, 5.74) is 0.927. The van der Waals surface area contributed by atoms with Gasteiger partial charge in [0.15, 0.2) is 0 Å². The Balaban J connectivity index is 2.38. The van der Waals surface area contributed by atoms with Crippen LogP contribution in [0, 0.1) is 10.1 Å². The van der Waals surface area contributed by atoms with Crippen molar-refractivity contribution in [1.29, 1.82) is 0 Å². The lowest BCUT2D eigenvalue weighted by atomic mass is 9.82. The fourth-order valence-corrected chi connectivity index (χ4v) is 2.30. The van der Waals surface area contributed by atoms with E-state index in [-0.39, 0.29) is 10.8 Å². The highest BCUT2D eigenvalue weighted by atomic mass is 16.6. The molecule has 0 spiro atoms. The molecular weight excluding hydrogens is 262 g/mol. The second kappa shape index (κ2) is 6.35. The highest BCUT2D eigenvalue weighted by Crippen LogP contribution is 2.32. The van der Waals surface area contributed by atoms with Gasteiger partial charge in [0, 0.05) is 18.8 Å². The highest BCUT2D eigenvalue weighted by molar-refractivity contribution is 5.51.